The number of carbonyl (C=O) groups excluding carboxylic acids is 1. The molecule has 1 unspecified atom stereocenters. The van der Waals surface area contributed by atoms with Crippen LogP contribution in [0.2, 0.25) is 0 Å². The zero-order chi connectivity index (χ0) is 10.4. The largest absolute Gasteiger partial charge is 0.303 e. The zero-order valence-electron chi connectivity index (χ0n) is 9.54. The summed E-state index contributed by atoms with van der Waals surface area (Å²) in [6.45, 7) is 3.23. The van der Waals surface area contributed by atoms with Crippen LogP contribution in [0, 0.1) is 5.92 Å². The topological polar surface area (TPSA) is 20.3 Å². The molecular formula is C12H23NO. The Kier molecular flexibility index (Phi) is 5.16. The van der Waals surface area contributed by atoms with Crippen LogP contribution < -0.4 is 0 Å². The number of nitrogens with zero attached hydrogens (tertiary/aromatic N) is 1. The summed E-state index contributed by atoms with van der Waals surface area (Å²) in [5.41, 5.74) is 0. The highest BCUT2D eigenvalue weighted by molar-refractivity contribution is 5.49. The summed E-state index contributed by atoms with van der Waals surface area (Å²) < 4.78 is 0. The highest BCUT2D eigenvalue weighted by Gasteiger charge is 2.18. The summed E-state index contributed by atoms with van der Waals surface area (Å²) in [7, 11) is 2.21. The van der Waals surface area contributed by atoms with Crippen molar-refractivity contribution < 1.29 is 4.79 Å². The quantitative estimate of drug-likeness (QED) is 0.631. The van der Waals surface area contributed by atoms with Crippen molar-refractivity contribution in [2.24, 2.45) is 5.92 Å². The van der Waals surface area contributed by atoms with Crippen LogP contribution in [0.5, 0.6) is 0 Å². The van der Waals surface area contributed by atoms with Crippen LogP contribution in [0.4, 0.5) is 0 Å². The molecule has 0 aliphatic heterocycles. The molecule has 14 heavy (non-hydrogen) atoms. The molecule has 1 fully saturated rings. The minimum Gasteiger partial charge on any atom is -0.303 e. The lowest BCUT2D eigenvalue weighted by atomic mass is 9.94. The van der Waals surface area contributed by atoms with Gasteiger partial charge in [-0.1, -0.05) is 26.2 Å². The third-order valence-corrected chi connectivity index (χ3v) is 3.30. The van der Waals surface area contributed by atoms with Gasteiger partial charge in [-0.05, 0) is 25.8 Å². The van der Waals surface area contributed by atoms with Gasteiger partial charge in [-0.3, -0.25) is 0 Å². The molecule has 0 aromatic heterocycles. The Hall–Kier alpha value is -0.370. The minimum absolute atomic E-state index is 0.513. The normalized spacial score (nSPS) is 21.1. The number of rotatable bonds is 5. The number of hydrogen-bond acceptors (Lipinski definition) is 2. The van der Waals surface area contributed by atoms with Crippen LogP contribution in [0.3, 0.4) is 0 Å². The van der Waals surface area contributed by atoms with E-state index in [1.54, 1.807) is 0 Å². The molecule has 0 heterocycles. The Bertz CT molecular complexity index is 164. The minimum atomic E-state index is 0.513. The van der Waals surface area contributed by atoms with Gasteiger partial charge in [-0.2, -0.15) is 0 Å². The second kappa shape index (κ2) is 6.18. The van der Waals surface area contributed by atoms with Gasteiger partial charge in [0.15, 0.2) is 0 Å². The molecule has 1 aliphatic carbocycles. The van der Waals surface area contributed by atoms with Gasteiger partial charge in [0, 0.05) is 19.0 Å². The molecule has 0 amide bonds. The summed E-state index contributed by atoms with van der Waals surface area (Å²) in [5.74, 6) is 0.513. The van der Waals surface area contributed by atoms with Gasteiger partial charge in [0.25, 0.3) is 0 Å². The first-order chi connectivity index (χ1) is 6.74. The van der Waals surface area contributed by atoms with Gasteiger partial charge in [-0.15, -0.1) is 0 Å². The van der Waals surface area contributed by atoms with Crippen LogP contribution >= 0.6 is 0 Å². The highest BCUT2D eigenvalue weighted by Crippen LogP contribution is 2.22. The van der Waals surface area contributed by atoms with Gasteiger partial charge in [0.1, 0.15) is 6.29 Å². The van der Waals surface area contributed by atoms with E-state index in [1.807, 2.05) is 0 Å². The molecule has 1 rings (SSSR count). The maximum atomic E-state index is 10.4. The van der Waals surface area contributed by atoms with E-state index in [0.29, 0.717) is 12.3 Å². The van der Waals surface area contributed by atoms with Gasteiger partial charge < -0.3 is 9.69 Å². The van der Waals surface area contributed by atoms with Crippen LogP contribution in [0.1, 0.15) is 45.4 Å². The lowest BCUT2D eigenvalue weighted by molar-refractivity contribution is -0.108. The van der Waals surface area contributed by atoms with E-state index >= 15 is 0 Å². The Morgan fingerprint density at radius 3 is 2.57 bits per heavy atom. The smallest absolute Gasteiger partial charge is 0.120 e. The third kappa shape index (κ3) is 3.79. The third-order valence-electron chi connectivity index (χ3n) is 3.30. The molecule has 1 atom stereocenters. The molecular weight excluding hydrogens is 174 g/mol. The summed E-state index contributed by atoms with van der Waals surface area (Å²) in [6, 6.07) is 0.776. The van der Waals surface area contributed by atoms with Gasteiger partial charge in [-0.25, -0.2) is 0 Å². The van der Waals surface area contributed by atoms with Crippen molar-refractivity contribution in [1.29, 1.82) is 0 Å². The average Bonchev–Trinajstić information content (AvgIpc) is 2.19. The molecule has 2 heteroatoms. The lowest BCUT2D eigenvalue weighted by Gasteiger charge is -2.32. The maximum absolute atomic E-state index is 10.4. The molecule has 0 aromatic rings. The molecule has 82 valence electrons. The maximum Gasteiger partial charge on any atom is 0.120 e. The van der Waals surface area contributed by atoms with Crippen LogP contribution in [0.25, 0.3) is 0 Å². The molecule has 1 aliphatic rings. The standard InChI is InChI=1S/C12H23NO/c1-11(8-9-14)10-13(2)12-6-4-3-5-7-12/h9,11-12H,3-8,10H2,1-2H3. The second-order valence-electron chi connectivity index (χ2n) is 4.74. The van der Waals surface area contributed by atoms with E-state index < -0.39 is 0 Å². The number of hydrogen-bond donors (Lipinski definition) is 0. The summed E-state index contributed by atoms with van der Waals surface area (Å²) in [6.07, 6.45) is 8.63. The van der Waals surface area contributed by atoms with Crippen molar-refractivity contribution in [3.63, 3.8) is 0 Å². The molecule has 2 nitrogen and oxygen atoms in total. The molecule has 0 aromatic carbocycles. The zero-order valence-corrected chi connectivity index (χ0v) is 9.54. The SMILES string of the molecule is CC(CC=O)CN(C)C1CCCCC1. The Morgan fingerprint density at radius 2 is 2.00 bits per heavy atom. The van der Waals surface area contributed by atoms with Crippen molar-refractivity contribution in [1.82, 2.24) is 4.90 Å². The first kappa shape index (κ1) is 11.7. The predicted octanol–water partition coefficient (Wildman–Crippen LogP) is 2.48. The fourth-order valence-electron chi connectivity index (χ4n) is 2.40. The summed E-state index contributed by atoms with van der Waals surface area (Å²) in [4.78, 5) is 12.8. The molecule has 0 bridgehead atoms. The first-order valence-electron chi connectivity index (χ1n) is 5.88. The first-order valence-corrected chi connectivity index (χ1v) is 5.88. The Labute approximate surface area is 87.7 Å². The Balaban J connectivity index is 2.24. The van der Waals surface area contributed by atoms with Crippen LogP contribution in [0.15, 0.2) is 0 Å². The predicted molar refractivity (Wildman–Crippen MR) is 59.3 cm³/mol. The summed E-state index contributed by atoms with van der Waals surface area (Å²) >= 11 is 0. The lowest BCUT2D eigenvalue weighted by Crippen LogP contribution is -2.36. The average molecular weight is 197 g/mol. The number of carbonyl (C=O) groups is 1. The Morgan fingerprint density at radius 1 is 1.36 bits per heavy atom. The molecule has 1 saturated carbocycles. The van der Waals surface area contributed by atoms with E-state index in [4.69, 9.17) is 0 Å². The summed E-state index contributed by atoms with van der Waals surface area (Å²) in [5, 5.41) is 0. The molecule has 0 spiro atoms. The van der Waals surface area contributed by atoms with Crippen molar-refractivity contribution in [3.8, 4) is 0 Å². The van der Waals surface area contributed by atoms with E-state index in [0.717, 1.165) is 18.9 Å². The van der Waals surface area contributed by atoms with Crippen molar-refractivity contribution in [3.05, 3.63) is 0 Å². The number of aldehydes is 1. The van der Waals surface area contributed by atoms with Gasteiger partial charge in [0.05, 0.1) is 0 Å². The molecule has 0 saturated heterocycles. The van der Waals surface area contributed by atoms with Crippen LogP contribution in [-0.4, -0.2) is 30.8 Å². The fraction of sp³-hybridized carbons (Fsp3) is 0.917. The van der Waals surface area contributed by atoms with Gasteiger partial charge in [0.2, 0.25) is 0 Å². The van der Waals surface area contributed by atoms with E-state index in [1.165, 1.54) is 32.1 Å². The monoisotopic (exact) mass is 197 g/mol. The highest BCUT2D eigenvalue weighted by atomic mass is 16.1. The van der Waals surface area contributed by atoms with Crippen molar-refractivity contribution in [2.45, 2.75) is 51.5 Å². The van der Waals surface area contributed by atoms with Crippen molar-refractivity contribution >= 4 is 6.29 Å². The van der Waals surface area contributed by atoms with E-state index in [-0.39, 0.29) is 0 Å². The van der Waals surface area contributed by atoms with Gasteiger partial charge >= 0.3 is 0 Å². The molecule has 0 radical (unpaired) electrons. The molecule has 0 N–H and O–H groups in total. The fourth-order valence-corrected chi connectivity index (χ4v) is 2.40. The van der Waals surface area contributed by atoms with E-state index in [9.17, 15) is 4.79 Å². The van der Waals surface area contributed by atoms with Crippen molar-refractivity contribution in [2.75, 3.05) is 13.6 Å². The second-order valence-corrected chi connectivity index (χ2v) is 4.74. The van der Waals surface area contributed by atoms with E-state index in [2.05, 4.69) is 18.9 Å². The van der Waals surface area contributed by atoms with Crippen LogP contribution in [-0.2, 0) is 4.79 Å².